The van der Waals surface area contributed by atoms with Crippen molar-refractivity contribution in [3.05, 3.63) is 39.8 Å². The first-order valence-electron chi connectivity index (χ1n) is 7.82. The Morgan fingerprint density at radius 2 is 2.38 bits per heavy atom. The van der Waals surface area contributed by atoms with Crippen molar-refractivity contribution in [1.29, 1.82) is 0 Å². The van der Waals surface area contributed by atoms with E-state index in [2.05, 4.69) is 20.9 Å². The number of aryl methyl sites for hydroxylation is 1. The standard InChI is InChI=1S/C17H19BrN2O3S/c1-22-15-4-2-12(10-14(15)18)3-5-16(21)20-8-6-13(11-20)23-17-19-7-9-24-17/h2,4,7,9-10,13H,3,5-6,8,11H2,1H3. The number of aromatic nitrogens is 1. The van der Waals surface area contributed by atoms with Gasteiger partial charge in [-0.05, 0) is 40.0 Å². The molecule has 2 aromatic rings. The number of halogens is 1. The highest BCUT2D eigenvalue weighted by atomic mass is 79.9. The van der Waals surface area contributed by atoms with Crippen molar-refractivity contribution >= 4 is 33.2 Å². The molecule has 1 aliphatic rings. The van der Waals surface area contributed by atoms with Gasteiger partial charge in [0, 0.05) is 31.0 Å². The van der Waals surface area contributed by atoms with E-state index in [-0.39, 0.29) is 12.0 Å². The molecule has 0 N–H and O–H groups in total. The molecule has 1 aromatic carbocycles. The van der Waals surface area contributed by atoms with E-state index in [1.165, 1.54) is 11.3 Å². The minimum absolute atomic E-state index is 0.0511. The average molecular weight is 411 g/mol. The Bertz CT molecular complexity index is 693. The van der Waals surface area contributed by atoms with Crippen LogP contribution in [0.2, 0.25) is 0 Å². The SMILES string of the molecule is COc1ccc(CCC(=O)N2CCC(Oc3nccs3)C2)cc1Br. The fraction of sp³-hybridized carbons (Fsp3) is 0.412. The molecule has 0 spiro atoms. The summed E-state index contributed by atoms with van der Waals surface area (Å²) >= 11 is 4.95. The first kappa shape index (κ1) is 17.2. The molecule has 0 saturated carbocycles. The summed E-state index contributed by atoms with van der Waals surface area (Å²) in [4.78, 5) is 18.4. The van der Waals surface area contributed by atoms with Gasteiger partial charge in [-0.2, -0.15) is 0 Å². The van der Waals surface area contributed by atoms with Gasteiger partial charge in [-0.15, -0.1) is 0 Å². The maximum Gasteiger partial charge on any atom is 0.273 e. The number of nitrogens with zero attached hydrogens (tertiary/aromatic N) is 2. The monoisotopic (exact) mass is 410 g/mol. The summed E-state index contributed by atoms with van der Waals surface area (Å²) in [5.74, 6) is 0.971. The highest BCUT2D eigenvalue weighted by molar-refractivity contribution is 9.10. The Balaban J connectivity index is 1.48. The molecule has 0 radical (unpaired) electrons. The van der Waals surface area contributed by atoms with Crippen molar-refractivity contribution in [3.63, 3.8) is 0 Å². The largest absolute Gasteiger partial charge is 0.496 e. The van der Waals surface area contributed by atoms with Gasteiger partial charge in [0.25, 0.3) is 5.19 Å². The van der Waals surface area contributed by atoms with Gasteiger partial charge < -0.3 is 14.4 Å². The van der Waals surface area contributed by atoms with Gasteiger partial charge in [-0.3, -0.25) is 4.79 Å². The van der Waals surface area contributed by atoms with E-state index in [4.69, 9.17) is 9.47 Å². The molecule has 1 amide bonds. The molecule has 7 heteroatoms. The van der Waals surface area contributed by atoms with Crippen molar-refractivity contribution in [1.82, 2.24) is 9.88 Å². The molecule has 3 rings (SSSR count). The van der Waals surface area contributed by atoms with Crippen LogP contribution < -0.4 is 9.47 Å². The minimum Gasteiger partial charge on any atom is -0.496 e. The van der Waals surface area contributed by atoms with E-state index in [1.807, 2.05) is 28.5 Å². The summed E-state index contributed by atoms with van der Waals surface area (Å²) in [5, 5.41) is 2.57. The zero-order valence-electron chi connectivity index (χ0n) is 13.4. The minimum atomic E-state index is 0.0511. The summed E-state index contributed by atoms with van der Waals surface area (Å²) in [7, 11) is 1.64. The predicted molar refractivity (Wildman–Crippen MR) is 96.7 cm³/mol. The number of methoxy groups -OCH3 is 1. The molecule has 0 bridgehead atoms. The Hall–Kier alpha value is -1.60. The van der Waals surface area contributed by atoms with Crippen molar-refractivity contribution in [2.45, 2.75) is 25.4 Å². The lowest BCUT2D eigenvalue weighted by molar-refractivity contribution is -0.130. The number of likely N-dealkylation sites (tertiary alicyclic amines) is 1. The topological polar surface area (TPSA) is 51.7 Å². The molecule has 1 aliphatic heterocycles. The number of amides is 1. The van der Waals surface area contributed by atoms with Crippen LogP contribution in [0.3, 0.4) is 0 Å². The highest BCUT2D eigenvalue weighted by Crippen LogP contribution is 2.26. The van der Waals surface area contributed by atoms with Crippen molar-refractivity contribution in [2.75, 3.05) is 20.2 Å². The summed E-state index contributed by atoms with van der Waals surface area (Å²) in [6.07, 6.45) is 3.86. The number of hydrogen-bond donors (Lipinski definition) is 0. The van der Waals surface area contributed by atoms with Crippen LogP contribution in [-0.2, 0) is 11.2 Å². The molecule has 5 nitrogen and oxygen atoms in total. The first-order chi connectivity index (χ1) is 11.7. The third-order valence-corrected chi connectivity index (χ3v) is 5.30. The molecular weight excluding hydrogens is 392 g/mol. The Morgan fingerprint density at radius 1 is 1.50 bits per heavy atom. The number of thiazole rings is 1. The molecule has 1 aromatic heterocycles. The van der Waals surface area contributed by atoms with E-state index in [9.17, 15) is 4.79 Å². The van der Waals surface area contributed by atoms with Crippen molar-refractivity contribution < 1.29 is 14.3 Å². The third kappa shape index (κ3) is 4.27. The van der Waals surface area contributed by atoms with Gasteiger partial charge in [0.15, 0.2) is 0 Å². The van der Waals surface area contributed by atoms with Crippen LogP contribution in [0.15, 0.2) is 34.2 Å². The highest BCUT2D eigenvalue weighted by Gasteiger charge is 2.27. The molecule has 1 atom stereocenters. The first-order valence-corrected chi connectivity index (χ1v) is 9.49. The van der Waals surface area contributed by atoms with Crippen LogP contribution in [0.5, 0.6) is 10.9 Å². The third-order valence-electron chi connectivity index (χ3n) is 4.02. The van der Waals surface area contributed by atoms with Crippen LogP contribution >= 0.6 is 27.3 Å². The van der Waals surface area contributed by atoms with Gasteiger partial charge in [0.1, 0.15) is 11.9 Å². The second kappa shape index (κ2) is 7.98. The normalized spacial score (nSPS) is 17.1. The Morgan fingerprint density at radius 3 is 3.08 bits per heavy atom. The molecule has 24 heavy (non-hydrogen) atoms. The Kier molecular flexibility index (Phi) is 5.73. The van der Waals surface area contributed by atoms with Gasteiger partial charge in [-0.25, -0.2) is 4.98 Å². The maximum absolute atomic E-state index is 12.4. The molecule has 128 valence electrons. The van der Waals surface area contributed by atoms with E-state index in [1.54, 1.807) is 13.3 Å². The van der Waals surface area contributed by atoms with Crippen LogP contribution in [0.4, 0.5) is 0 Å². The van der Waals surface area contributed by atoms with Gasteiger partial charge in [-0.1, -0.05) is 17.4 Å². The van der Waals surface area contributed by atoms with E-state index in [0.717, 1.165) is 35.2 Å². The Labute approximate surface area is 153 Å². The molecular formula is C17H19BrN2O3S. The van der Waals surface area contributed by atoms with Gasteiger partial charge in [0.2, 0.25) is 5.91 Å². The number of ether oxygens (including phenoxy) is 2. The van der Waals surface area contributed by atoms with Crippen LogP contribution in [0, 0.1) is 0 Å². The number of carbonyl (C=O) groups excluding carboxylic acids is 1. The molecule has 2 heterocycles. The van der Waals surface area contributed by atoms with Gasteiger partial charge >= 0.3 is 0 Å². The zero-order chi connectivity index (χ0) is 16.9. The maximum atomic E-state index is 12.4. The van der Waals surface area contributed by atoms with E-state index in [0.29, 0.717) is 18.2 Å². The number of carbonyl (C=O) groups is 1. The van der Waals surface area contributed by atoms with Crippen LogP contribution in [0.25, 0.3) is 0 Å². The zero-order valence-corrected chi connectivity index (χ0v) is 15.8. The lowest BCUT2D eigenvalue weighted by Crippen LogP contribution is -2.31. The average Bonchev–Trinajstić information content (AvgIpc) is 3.25. The fourth-order valence-electron chi connectivity index (χ4n) is 2.74. The van der Waals surface area contributed by atoms with E-state index < -0.39 is 0 Å². The molecule has 1 unspecified atom stereocenters. The smallest absolute Gasteiger partial charge is 0.273 e. The molecule has 1 saturated heterocycles. The van der Waals surface area contributed by atoms with Crippen LogP contribution in [0.1, 0.15) is 18.4 Å². The van der Waals surface area contributed by atoms with Crippen molar-refractivity contribution in [3.8, 4) is 10.9 Å². The second-order valence-corrected chi connectivity index (χ2v) is 7.35. The number of hydrogen-bond acceptors (Lipinski definition) is 5. The number of benzene rings is 1. The van der Waals surface area contributed by atoms with Gasteiger partial charge in [0.05, 0.1) is 18.1 Å². The summed E-state index contributed by atoms with van der Waals surface area (Å²) in [6.45, 7) is 1.39. The number of rotatable bonds is 6. The summed E-state index contributed by atoms with van der Waals surface area (Å²) < 4.78 is 11.9. The lowest BCUT2D eigenvalue weighted by Gasteiger charge is -2.16. The molecule has 1 fully saturated rings. The predicted octanol–water partition coefficient (Wildman–Crippen LogP) is 3.53. The lowest BCUT2D eigenvalue weighted by atomic mass is 10.1. The van der Waals surface area contributed by atoms with E-state index >= 15 is 0 Å². The molecule has 0 aliphatic carbocycles. The fourth-order valence-corrected chi connectivity index (χ4v) is 3.88. The second-order valence-electron chi connectivity index (χ2n) is 5.64. The summed E-state index contributed by atoms with van der Waals surface area (Å²) in [6, 6.07) is 5.91. The van der Waals surface area contributed by atoms with Crippen LogP contribution in [-0.4, -0.2) is 42.1 Å². The quantitative estimate of drug-likeness (QED) is 0.730. The summed E-state index contributed by atoms with van der Waals surface area (Å²) in [5.41, 5.74) is 1.12. The van der Waals surface area contributed by atoms with Crippen molar-refractivity contribution in [2.24, 2.45) is 0 Å².